The fraction of sp³-hybridized carbons (Fsp3) is 0.522. The second-order valence-corrected chi connectivity index (χ2v) is 8.50. The van der Waals surface area contributed by atoms with Gasteiger partial charge in [0.2, 0.25) is 0 Å². The fourth-order valence-electron chi connectivity index (χ4n) is 4.71. The number of piperazine rings is 1. The molecule has 0 aliphatic carbocycles. The molecule has 1 unspecified atom stereocenters. The van der Waals surface area contributed by atoms with Crippen molar-refractivity contribution in [2.24, 2.45) is 7.05 Å². The van der Waals surface area contributed by atoms with Crippen LogP contribution in [0.5, 0.6) is 0 Å². The standard InChI is InChI=1S/C23H30N6O3/c1-26-21-5-11-32-22(19(21)14-25-26)15-27-6-8-28(9-7-27)17-3-4-18-20(13-17)24-16-29(23(18)30)10-12-31-2/h3-4,13-14,16,22H,5-12,15H2,1-2H3. The zero-order valence-corrected chi connectivity index (χ0v) is 18.7. The van der Waals surface area contributed by atoms with E-state index in [1.165, 1.54) is 11.3 Å². The molecule has 9 nitrogen and oxygen atoms in total. The van der Waals surface area contributed by atoms with Crippen molar-refractivity contribution in [3.63, 3.8) is 0 Å². The van der Waals surface area contributed by atoms with Gasteiger partial charge in [0.05, 0.1) is 49.3 Å². The SMILES string of the molecule is COCCn1cnc2cc(N3CCN(CC4OCCc5c4cnn5C)CC3)ccc2c1=O. The molecule has 32 heavy (non-hydrogen) atoms. The molecule has 2 aromatic heterocycles. The molecule has 4 heterocycles. The number of rotatable bonds is 6. The van der Waals surface area contributed by atoms with Crippen LogP contribution in [0.15, 0.2) is 35.5 Å². The number of aryl methyl sites for hydroxylation is 1. The summed E-state index contributed by atoms with van der Waals surface area (Å²) >= 11 is 0. The summed E-state index contributed by atoms with van der Waals surface area (Å²) in [6.45, 7) is 6.46. The van der Waals surface area contributed by atoms with Crippen LogP contribution in [-0.2, 0) is 29.5 Å². The van der Waals surface area contributed by atoms with Gasteiger partial charge in [-0.25, -0.2) is 4.98 Å². The van der Waals surface area contributed by atoms with Crippen molar-refractivity contribution in [1.82, 2.24) is 24.2 Å². The molecule has 1 atom stereocenters. The molecule has 1 aromatic carbocycles. The van der Waals surface area contributed by atoms with Crippen LogP contribution in [0.1, 0.15) is 17.4 Å². The number of benzene rings is 1. The average Bonchev–Trinajstić information content (AvgIpc) is 3.21. The summed E-state index contributed by atoms with van der Waals surface area (Å²) in [4.78, 5) is 22.0. The summed E-state index contributed by atoms with van der Waals surface area (Å²) in [6.07, 6.45) is 4.61. The molecular weight excluding hydrogens is 408 g/mol. The first-order chi connectivity index (χ1) is 15.6. The first-order valence-electron chi connectivity index (χ1n) is 11.2. The lowest BCUT2D eigenvalue weighted by molar-refractivity contribution is 0.0139. The highest BCUT2D eigenvalue weighted by atomic mass is 16.5. The molecule has 0 spiro atoms. The van der Waals surface area contributed by atoms with Crippen molar-refractivity contribution in [3.05, 3.63) is 52.3 Å². The number of hydrogen-bond donors (Lipinski definition) is 0. The van der Waals surface area contributed by atoms with Crippen LogP contribution in [0.3, 0.4) is 0 Å². The molecule has 2 aliphatic rings. The van der Waals surface area contributed by atoms with E-state index in [1.807, 2.05) is 36.1 Å². The van der Waals surface area contributed by atoms with E-state index >= 15 is 0 Å². The maximum absolute atomic E-state index is 12.7. The largest absolute Gasteiger partial charge is 0.383 e. The van der Waals surface area contributed by atoms with E-state index < -0.39 is 0 Å². The molecule has 1 fully saturated rings. The molecule has 0 radical (unpaired) electrons. The third-order valence-electron chi connectivity index (χ3n) is 6.61. The second kappa shape index (κ2) is 9.01. The molecule has 170 valence electrons. The Labute approximate surface area is 187 Å². The average molecular weight is 439 g/mol. The number of nitrogens with zero attached hydrogens (tertiary/aromatic N) is 6. The van der Waals surface area contributed by atoms with Gasteiger partial charge < -0.3 is 14.4 Å². The van der Waals surface area contributed by atoms with Gasteiger partial charge in [-0.3, -0.25) is 18.9 Å². The summed E-state index contributed by atoms with van der Waals surface area (Å²) in [5, 5.41) is 5.06. The number of hydrogen-bond acceptors (Lipinski definition) is 7. The highest BCUT2D eigenvalue weighted by Gasteiger charge is 2.27. The minimum Gasteiger partial charge on any atom is -0.383 e. The Morgan fingerprint density at radius 3 is 2.88 bits per heavy atom. The molecule has 0 saturated carbocycles. The number of aromatic nitrogens is 4. The summed E-state index contributed by atoms with van der Waals surface area (Å²) in [6, 6.07) is 5.96. The highest BCUT2D eigenvalue weighted by Crippen LogP contribution is 2.28. The van der Waals surface area contributed by atoms with Crippen molar-refractivity contribution < 1.29 is 9.47 Å². The van der Waals surface area contributed by atoms with Crippen LogP contribution in [0.2, 0.25) is 0 Å². The quantitative estimate of drug-likeness (QED) is 0.573. The lowest BCUT2D eigenvalue weighted by Crippen LogP contribution is -2.48. The van der Waals surface area contributed by atoms with E-state index in [4.69, 9.17) is 9.47 Å². The van der Waals surface area contributed by atoms with E-state index in [9.17, 15) is 4.79 Å². The predicted octanol–water partition coefficient (Wildman–Crippen LogP) is 1.21. The normalized spacial score (nSPS) is 19.4. The summed E-state index contributed by atoms with van der Waals surface area (Å²) in [5.41, 5.74) is 4.36. The maximum Gasteiger partial charge on any atom is 0.261 e. The minimum atomic E-state index is -0.0225. The van der Waals surface area contributed by atoms with Gasteiger partial charge in [-0.05, 0) is 18.2 Å². The van der Waals surface area contributed by atoms with Crippen molar-refractivity contribution in [2.75, 3.05) is 57.9 Å². The van der Waals surface area contributed by atoms with E-state index in [1.54, 1.807) is 18.0 Å². The number of fused-ring (bicyclic) bond motifs is 2. The Hall–Kier alpha value is -2.75. The predicted molar refractivity (Wildman–Crippen MR) is 122 cm³/mol. The van der Waals surface area contributed by atoms with Gasteiger partial charge in [0, 0.05) is 70.2 Å². The van der Waals surface area contributed by atoms with Crippen LogP contribution in [0.4, 0.5) is 5.69 Å². The topological polar surface area (TPSA) is 77.7 Å². The van der Waals surface area contributed by atoms with Crippen LogP contribution >= 0.6 is 0 Å². The monoisotopic (exact) mass is 438 g/mol. The van der Waals surface area contributed by atoms with Gasteiger partial charge >= 0.3 is 0 Å². The molecular formula is C23H30N6O3. The number of ether oxygens (including phenoxy) is 2. The molecule has 0 N–H and O–H groups in total. The van der Waals surface area contributed by atoms with Crippen molar-refractivity contribution in [1.29, 1.82) is 0 Å². The van der Waals surface area contributed by atoms with Crippen LogP contribution < -0.4 is 10.5 Å². The van der Waals surface area contributed by atoms with Gasteiger partial charge in [0.1, 0.15) is 0 Å². The van der Waals surface area contributed by atoms with Gasteiger partial charge in [-0.2, -0.15) is 5.10 Å². The molecule has 0 amide bonds. The third kappa shape index (κ3) is 4.03. The molecule has 0 bridgehead atoms. The summed E-state index contributed by atoms with van der Waals surface area (Å²) < 4.78 is 14.7. The van der Waals surface area contributed by atoms with Gasteiger partial charge in [0.15, 0.2) is 0 Å². The molecule has 3 aromatic rings. The first kappa shape index (κ1) is 21.1. The Balaban J connectivity index is 1.24. The van der Waals surface area contributed by atoms with E-state index in [-0.39, 0.29) is 11.7 Å². The van der Waals surface area contributed by atoms with Crippen LogP contribution in [0, 0.1) is 0 Å². The molecule has 1 saturated heterocycles. The van der Waals surface area contributed by atoms with Crippen LogP contribution in [0.25, 0.3) is 10.9 Å². The number of methoxy groups -OCH3 is 1. The van der Waals surface area contributed by atoms with E-state index in [0.29, 0.717) is 18.5 Å². The van der Waals surface area contributed by atoms with Crippen molar-refractivity contribution in [3.8, 4) is 0 Å². The van der Waals surface area contributed by atoms with Crippen molar-refractivity contribution >= 4 is 16.6 Å². The van der Waals surface area contributed by atoms with Crippen LogP contribution in [-0.4, -0.2) is 77.3 Å². The lowest BCUT2D eigenvalue weighted by Gasteiger charge is -2.38. The molecule has 5 rings (SSSR count). The lowest BCUT2D eigenvalue weighted by atomic mass is 10.0. The summed E-state index contributed by atoms with van der Waals surface area (Å²) in [5.74, 6) is 0. The Morgan fingerprint density at radius 1 is 1.22 bits per heavy atom. The zero-order chi connectivity index (χ0) is 22.1. The van der Waals surface area contributed by atoms with Gasteiger partial charge in [-0.1, -0.05) is 0 Å². The molecule has 9 heteroatoms. The summed E-state index contributed by atoms with van der Waals surface area (Å²) in [7, 11) is 3.64. The fourth-order valence-corrected chi connectivity index (χ4v) is 4.71. The first-order valence-corrected chi connectivity index (χ1v) is 11.2. The van der Waals surface area contributed by atoms with Gasteiger partial charge in [0.25, 0.3) is 5.56 Å². The maximum atomic E-state index is 12.7. The minimum absolute atomic E-state index is 0.0225. The third-order valence-corrected chi connectivity index (χ3v) is 6.61. The Bertz CT molecular complexity index is 1150. The smallest absolute Gasteiger partial charge is 0.261 e. The van der Waals surface area contributed by atoms with Crippen molar-refractivity contribution in [2.45, 2.75) is 19.1 Å². The Morgan fingerprint density at radius 2 is 2.06 bits per heavy atom. The van der Waals surface area contributed by atoms with E-state index in [0.717, 1.165) is 57.0 Å². The zero-order valence-electron chi connectivity index (χ0n) is 18.7. The Kier molecular flexibility index (Phi) is 5.95. The molecule has 2 aliphatic heterocycles. The number of anilines is 1. The van der Waals surface area contributed by atoms with Gasteiger partial charge in [-0.15, -0.1) is 0 Å². The second-order valence-electron chi connectivity index (χ2n) is 8.50. The van der Waals surface area contributed by atoms with E-state index in [2.05, 4.69) is 19.9 Å². The highest BCUT2D eigenvalue weighted by molar-refractivity contribution is 5.81.